The summed E-state index contributed by atoms with van der Waals surface area (Å²) in [5.74, 6) is -0.418. The molecule has 1 saturated carbocycles. The largest absolute Gasteiger partial charge is 0.465 e. The number of tetrazole rings is 1. The van der Waals surface area contributed by atoms with E-state index in [1.54, 1.807) is 4.68 Å². The minimum absolute atomic E-state index is 0.0627. The Hall–Kier alpha value is -1.65. The van der Waals surface area contributed by atoms with E-state index in [-0.39, 0.29) is 21.2 Å². The van der Waals surface area contributed by atoms with Gasteiger partial charge in [-0.05, 0) is 35.4 Å². The number of thioether (sulfide) groups is 1. The van der Waals surface area contributed by atoms with E-state index < -0.39 is 15.8 Å². The van der Waals surface area contributed by atoms with Gasteiger partial charge < -0.3 is 4.74 Å². The van der Waals surface area contributed by atoms with E-state index in [0.717, 1.165) is 19.1 Å². The lowest BCUT2D eigenvalue weighted by Gasteiger charge is -2.12. The highest BCUT2D eigenvalue weighted by molar-refractivity contribution is 7.98. The van der Waals surface area contributed by atoms with Gasteiger partial charge in [0, 0.05) is 17.6 Å². The molecular formula is C14H15ClN4O4S2. The quantitative estimate of drug-likeness (QED) is 0.534. The van der Waals surface area contributed by atoms with Crippen molar-refractivity contribution in [3.05, 3.63) is 28.3 Å². The van der Waals surface area contributed by atoms with Crippen molar-refractivity contribution in [1.82, 2.24) is 20.2 Å². The van der Waals surface area contributed by atoms with Crippen molar-refractivity contribution in [2.75, 3.05) is 13.4 Å². The number of benzene rings is 1. The molecule has 0 N–H and O–H groups in total. The Balaban J connectivity index is 1.97. The number of esters is 1. The minimum Gasteiger partial charge on any atom is -0.465 e. The van der Waals surface area contributed by atoms with Crippen LogP contribution < -0.4 is 0 Å². The highest BCUT2D eigenvalue weighted by Crippen LogP contribution is 2.38. The maximum absolute atomic E-state index is 12.1. The Morgan fingerprint density at radius 3 is 2.76 bits per heavy atom. The first-order valence-corrected chi connectivity index (χ1v) is 10.6. The SMILES string of the molecule is COC(=O)c1ccc(S(C)(=O)=O)c(CSc2nnnn2C2CC2)c1Cl. The molecule has 0 amide bonds. The first kappa shape index (κ1) is 18.2. The Labute approximate surface area is 153 Å². The second kappa shape index (κ2) is 6.93. The molecule has 1 fully saturated rings. The predicted molar refractivity (Wildman–Crippen MR) is 91.6 cm³/mol. The molecule has 0 aliphatic heterocycles. The van der Waals surface area contributed by atoms with E-state index in [0.29, 0.717) is 16.8 Å². The molecule has 1 aromatic heterocycles. The highest BCUT2D eigenvalue weighted by atomic mass is 35.5. The van der Waals surface area contributed by atoms with Gasteiger partial charge in [-0.25, -0.2) is 17.9 Å². The second-order valence-corrected chi connectivity index (χ2v) is 8.90. The number of nitrogens with zero attached hydrogens (tertiary/aromatic N) is 4. The molecule has 0 bridgehead atoms. The van der Waals surface area contributed by atoms with Crippen molar-refractivity contribution >= 4 is 39.2 Å². The van der Waals surface area contributed by atoms with Crippen LogP contribution in [0, 0.1) is 0 Å². The average molecular weight is 403 g/mol. The van der Waals surface area contributed by atoms with Crippen molar-refractivity contribution in [3.63, 3.8) is 0 Å². The summed E-state index contributed by atoms with van der Waals surface area (Å²) in [5.41, 5.74) is 0.455. The molecule has 0 atom stereocenters. The first-order chi connectivity index (χ1) is 11.8. The second-order valence-electron chi connectivity index (χ2n) is 5.59. The summed E-state index contributed by atoms with van der Waals surface area (Å²) in [6, 6.07) is 3.02. The van der Waals surface area contributed by atoms with Gasteiger partial charge >= 0.3 is 5.97 Å². The van der Waals surface area contributed by atoms with Gasteiger partial charge in [-0.15, -0.1) is 5.10 Å². The maximum atomic E-state index is 12.1. The van der Waals surface area contributed by atoms with Crippen molar-refractivity contribution in [3.8, 4) is 0 Å². The number of ether oxygens (including phenoxy) is 1. The summed E-state index contributed by atoms with van der Waals surface area (Å²) in [6.45, 7) is 0. The van der Waals surface area contributed by atoms with E-state index in [1.165, 1.54) is 31.0 Å². The highest BCUT2D eigenvalue weighted by Gasteiger charge is 2.28. The van der Waals surface area contributed by atoms with Gasteiger partial charge in [0.1, 0.15) is 0 Å². The number of hydrogen-bond donors (Lipinski definition) is 0. The van der Waals surface area contributed by atoms with Crippen LogP contribution >= 0.6 is 23.4 Å². The third-order valence-corrected chi connectivity index (χ3v) is 6.28. The normalized spacial score (nSPS) is 14.5. The average Bonchev–Trinajstić information content (AvgIpc) is 3.30. The van der Waals surface area contributed by atoms with Crippen LogP contribution in [0.25, 0.3) is 0 Å². The number of aromatic nitrogens is 4. The third-order valence-electron chi connectivity index (χ3n) is 3.71. The van der Waals surface area contributed by atoms with E-state index in [9.17, 15) is 13.2 Å². The lowest BCUT2D eigenvalue weighted by Crippen LogP contribution is -2.09. The number of sulfone groups is 1. The predicted octanol–water partition coefficient (Wildman–Crippen LogP) is 2.14. The zero-order valence-electron chi connectivity index (χ0n) is 13.5. The van der Waals surface area contributed by atoms with Gasteiger partial charge in [0.05, 0.1) is 28.6 Å². The Bertz CT molecular complexity index is 925. The molecule has 0 spiro atoms. The van der Waals surface area contributed by atoms with Crippen LogP contribution in [0.15, 0.2) is 22.2 Å². The van der Waals surface area contributed by atoms with Crippen LogP contribution in [0.2, 0.25) is 5.02 Å². The summed E-state index contributed by atoms with van der Waals surface area (Å²) in [7, 11) is -2.28. The van der Waals surface area contributed by atoms with Crippen LogP contribution in [0.5, 0.6) is 0 Å². The fraction of sp³-hybridized carbons (Fsp3) is 0.429. The fourth-order valence-corrected chi connectivity index (χ4v) is 4.78. The molecule has 25 heavy (non-hydrogen) atoms. The summed E-state index contributed by atoms with van der Waals surface area (Å²) >= 11 is 7.58. The van der Waals surface area contributed by atoms with Crippen molar-refractivity contribution in [2.45, 2.75) is 34.7 Å². The number of hydrogen-bond acceptors (Lipinski definition) is 8. The smallest absolute Gasteiger partial charge is 0.339 e. The topological polar surface area (TPSA) is 104 Å². The Morgan fingerprint density at radius 1 is 1.44 bits per heavy atom. The summed E-state index contributed by atoms with van der Waals surface area (Å²) in [4.78, 5) is 11.9. The van der Waals surface area contributed by atoms with Gasteiger partial charge in [0.2, 0.25) is 5.16 Å². The van der Waals surface area contributed by atoms with Gasteiger partial charge in [-0.2, -0.15) is 0 Å². The summed E-state index contributed by atoms with van der Waals surface area (Å²) in [5, 5.41) is 12.2. The van der Waals surface area contributed by atoms with Crippen LogP contribution in [-0.4, -0.2) is 48.0 Å². The molecule has 0 saturated heterocycles. The minimum atomic E-state index is -3.52. The van der Waals surface area contributed by atoms with E-state index in [4.69, 9.17) is 16.3 Å². The maximum Gasteiger partial charge on any atom is 0.339 e. The summed E-state index contributed by atoms with van der Waals surface area (Å²) in [6.07, 6.45) is 3.14. The molecule has 1 aromatic carbocycles. The van der Waals surface area contributed by atoms with Crippen molar-refractivity contribution < 1.29 is 17.9 Å². The van der Waals surface area contributed by atoms with Crippen LogP contribution in [0.1, 0.15) is 34.8 Å². The number of carbonyl (C=O) groups excluding carboxylic acids is 1. The van der Waals surface area contributed by atoms with Crippen molar-refractivity contribution in [1.29, 1.82) is 0 Å². The lowest BCUT2D eigenvalue weighted by molar-refractivity contribution is 0.0600. The van der Waals surface area contributed by atoms with Gasteiger partial charge in [0.15, 0.2) is 9.84 Å². The van der Waals surface area contributed by atoms with Gasteiger partial charge in [-0.3, -0.25) is 0 Å². The molecular weight excluding hydrogens is 388 g/mol. The molecule has 11 heteroatoms. The van der Waals surface area contributed by atoms with Gasteiger partial charge in [0.25, 0.3) is 0 Å². The van der Waals surface area contributed by atoms with Crippen molar-refractivity contribution in [2.24, 2.45) is 0 Å². The van der Waals surface area contributed by atoms with Gasteiger partial charge in [-0.1, -0.05) is 23.4 Å². The van der Waals surface area contributed by atoms with Crippen LogP contribution in [0.3, 0.4) is 0 Å². The molecule has 3 rings (SSSR count). The molecule has 1 aliphatic rings. The molecule has 1 heterocycles. The van der Waals surface area contributed by atoms with E-state index in [2.05, 4.69) is 15.5 Å². The van der Waals surface area contributed by atoms with Crippen LogP contribution in [-0.2, 0) is 20.3 Å². The third kappa shape index (κ3) is 3.80. The number of methoxy groups -OCH3 is 1. The lowest BCUT2D eigenvalue weighted by atomic mass is 10.1. The van der Waals surface area contributed by atoms with E-state index in [1.807, 2.05) is 0 Å². The fourth-order valence-electron chi connectivity index (χ4n) is 2.32. The number of halogens is 1. The molecule has 8 nitrogen and oxygen atoms in total. The molecule has 0 unspecified atom stereocenters. The zero-order chi connectivity index (χ0) is 18.2. The molecule has 0 radical (unpaired) electrons. The standard InChI is InChI=1S/C14H15ClN4O4S2/c1-23-13(20)9-5-6-11(25(2,21)22)10(12(9)15)7-24-14-16-17-18-19(14)8-3-4-8/h5-6,8H,3-4,7H2,1-2H3. The molecule has 134 valence electrons. The molecule has 2 aromatic rings. The molecule has 1 aliphatic carbocycles. The number of carbonyl (C=O) groups is 1. The zero-order valence-corrected chi connectivity index (χ0v) is 15.9. The number of rotatable bonds is 6. The summed E-state index contributed by atoms with van der Waals surface area (Å²) < 4.78 is 30.6. The van der Waals surface area contributed by atoms with E-state index >= 15 is 0 Å². The monoisotopic (exact) mass is 402 g/mol. The Kier molecular flexibility index (Phi) is 5.03. The first-order valence-electron chi connectivity index (χ1n) is 7.33. The van der Waals surface area contributed by atoms with Crippen LogP contribution in [0.4, 0.5) is 0 Å². The Morgan fingerprint density at radius 2 is 2.16 bits per heavy atom.